The van der Waals surface area contributed by atoms with Gasteiger partial charge in [0, 0.05) is 12.1 Å². The molecule has 1 aromatic carbocycles. The number of carbonyl (C=O) groups is 1. The Morgan fingerprint density at radius 1 is 1.47 bits per heavy atom. The van der Waals surface area contributed by atoms with E-state index in [2.05, 4.69) is 6.07 Å². The van der Waals surface area contributed by atoms with E-state index in [1.165, 1.54) is 17.0 Å². The van der Waals surface area contributed by atoms with Crippen LogP contribution in [0.3, 0.4) is 0 Å². The van der Waals surface area contributed by atoms with Crippen molar-refractivity contribution in [3.63, 3.8) is 0 Å². The van der Waals surface area contributed by atoms with E-state index in [0.717, 1.165) is 0 Å². The smallest absolute Gasteiger partial charge is 0.255 e. The maximum absolute atomic E-state index is 13.6. The fraction of sp³-hybridized carbons (Fsp3) is 0.429. The third-order valence-corrected chi connectivity index (χ3v) is 3.22. The molecule has 5 heteroatoms. The molecule has 19 heavy (non-hydrogen) atoms. The summed E-state index contributed by atoms with van der Waals surface area (Å²) in [7, 11) is 0. The number of carbonyl (C=O) groups excluding carboxylic acids is 1. The van der Waals surface area contributed by atoms with Gasteiger partial charge in [-0.25, -0.2) is 4.39 Å². The van der Waals surface area contributed by atoms with Gasteiger partial charge < -0.3 is 9.64 Å². The van der Waals surface area contributed by atoms with Crippen molar-refractivity contribution in [3.8, 4) is 6.07 Å². The molecule has 0 aromatic heterocycles. The molecule has 1 saturated heterocycles. The van der Waals surface area contributed by atoms with Gasteiger partial charge in [-0.2, -0.15) is 5.26 Å². The van der Waals surface area contributed by atoms with Gasteiger partial charge in [-0.15, -0.1) is 0 Å². The van der Waals surface area contributed by atoms with Crippen molar-refractivity contribution in [2.45, 2.75) is 19.9 Å². The summed E-state index contributed by atoms with van der Waals surface area (Å²) in [4.78, 5) is 13.9. The molecule has 1 fully saturated rings. The predicted molar refractivity (Wildman–Crippen MR) is 67.1 cm³/mol. The molecule has 2 rings (SSSR count). The Labute approximate surface area is 111 Å². The molecule has 0 N–H and O–H groups in total. The van der Waals surface area contributed by atoms with Gasteiger partial charge >= 0.3 is 0 Å². The molecule has 1 unspecified atom stereocenters. The minimum atomic E-state index is -0.577. The Morgan fingerprint density at radius 2 is 2.11 bits per heavy atom. The molecule has 1 aromatic rings. The van der Waals surface area contributed by atoms with Gasteiger partial charge in [-0.1, -0.05) is 0 Å². The highest BCUT2D eigenvalue weighted by molar-refractivity contribution is 5.95. The van der Waals surface area contributed by atoms with E-state index >= 15 is 0 Å². The third-order valence-electron chi connectivity index (χ3n) is 3.22. The van der Waals surface area contributed by atoms with Crippen LogP contribution in [0.1, 0.15) is 21.5 Å². The first-order valence-electron chi connectivity index (χ1n) is 6.09. The summed E-state index contributed by atoms with van der Waals surface area (Å²) in [5.74, 6) is -0.545. The van der Waals surface area contributed by atoms with Crippen LogP contribution in [0.25, 0.3) is 0 Å². The number of nitriles is 1. The number of aryl methyl sites for hydroxylation is 2. The van der Waals surface area contributed by atoms with E-state index in [4.69, 9.17) is 10.00 Å². The van der Waals surface area contributed by atoms with Crippen LogP contribution >= 0.6 is 0 Å². The fourth-order valence-corrected chi connectivity index (χ4v) is 2.19. The number of ether oxygens (including phenoxy) is 1. The number of hydrogen-bond acceptors (Lipinski definition) is 3. The van der Waals surface area contributed by atoms with E-state index in [0.29, 0.717) is 29.8 Å². The molecule has 100 valence electrons. The van der Waals surface area contributed by atoms with Gasteiger partial charge in [0.25, 0.3) is 5.91 Å². The molecule has 1 aliphatic heterocycles. The minimum Gasteiger partial charge on any atom is -0.376 e. The van der Waals surface area contributed by atoms with Crippen molar-refractivity contribution >= 4 is 5.91 Å². The fourth-order valence-electron chi connectivity index (χ4n) is 2.19. The van der Waals surface area contributed by atoms with Gasteiger partial charge in [-0.05, 0) is 37.1 Å². The number of amides is 1. The van der Waals surface area contributed by atoms with Crippen LogP contribution in [0, 0.1) is 31.0 Å². The number of morpholine rings is 1. The zero-order chi connectivity index (χ0) is 14.0. The van der Waals surface area contributed by atoms with Crippen LogP contribution in [0.5, 0.6) is 0 Å². The molecule has 0 aliphatic carbocycles. The predicted octanol–water partition coefficient (Wildman–Crippen LogP) is 1.81. The lowest BCUT2D eigenvalue weighted by Crippen LogP contribution is -2.48. The average molecular weight is 262 g/mol. The highest BCUT2D eigenvalue weighted by atomic mass is 19.1. The third kappa shape index (κ3) is 2.59. The van der Waals surface area contributed by atoms with Crippen molar-refractivity contribution in [1.82, 2.24) is 4.90 Å². The summed E-state index contributed by atoms with van der Waals surface area (Å²) < 4.78 is 18.7. The molecule has 0 spiro atoms. The largest absolute Gasteiger partial charge is 0.376 e. The SMILES string of the molecule is Cc1cc(C(=O)N2CCOCC2C#N)cc(C)c1F. The number of benzene rings is 1. The van der Waals surface area contributed by atoms with E-state index in [-0.39, 0.29) is 18.3 Å². The number of rotatable bonds is 1. The molecule has 4 nitrogen and oxygen atoms in total. The van der Waals surface area contributed by atoms with Crippen LogP contribution in [-0.2, 0) is 4.74 Å². The first-order valence-corrected chi connectivity index (χ1v) is 6.09. The van der Waals surface area contributed by atoms with Crippen LogP contribution in [0.4, 0.5) is 4.39 Å². The quantitative estimate of drug-likeness (QED) is 0.775. The van der Waals surface area contributed by atoms with E-state index in [9.17, 15) is 9.18 Å². The summed E-state index contributed by atoms with van der Waals surface area (Å²) in [5, 5.41) is 9.03. The molecule has 1 heterocycles. The average Bonchev–Trinajstić information content (AvgIpc) is 2.43. The van der Waals surface area contributed by atoms with Crippen LogP contribution in [0.2, 0.25) is 0 Å². The lowest BCUT2D eigenvalue weighted by molar-refractivity contribution is 0.0132. The summed E-state index contributed by atoms with van der Waals surface area (Å²) in [6.45, 7) is 4.28. The van der Waals surface area contributed by atoms with E-state index in [1.54, 1.807) is 13.8 Å². The van der Waals surface area contributed by atoms with E-state index in [1.807, 2.05) is 0 Å². The lowest BCUT2D eigenvalue weighted by atomic mass is 10.0. The van der Waals surface area contributed by atoms with Crippen LogP contribution in [-0.4, -0.2) is 36.6 Å². The summed E-state index contributed by atoms with van der Waals surface area (Å²) in [6.07, 6.45) is 0. The molecule has 0 bridgehead atoms. The zero-order valence-electron chi connectivity index (χ0n) is 10.9. The Morgan fingerprint density at radius 3 is 2.68 bits per heavy atom. The van der Waals surface area contributed by atoms with Crippen LogP contribution in [0.15, 0.2) is 12.1 Å². The second kappa shape index (κ2) is 5.37. The second-order valence-electron chi connectivity index (χ2n) is 4.64. The second-order valence-corrected chi connectivity index (χ2v) is 4.64. The van der Waals surface area contributed by atoms with Gasteiger partial charge in [0.15, 0.2) is 0 Å². The highest BCUT2D eigenvalue weighted by Crippen LogP contribution is 2.18. The van der Waals surface area contributed by atoms with Crippen molar-refractivity contribution in [2.75, 3.05) is 19.8 Å². The van der Waals surface area contributed by atoms with Gasteiger partial charge in [0.1, 0.15) is 11.9 Å². The summed E-state index contributed by atoms with van der Waals surface area (Å²) in [5.41, 5.74) is 1.29. The van der Waals surface area contributed by atoms with Crippen molar-refractivity contribution in [2.24, 2.45) is 0 Å². The maximum atomic E-state index is 13.6. The number of halogens is 1. The number of hydrogen-bond donors (Lipinski definition) is 0. The molecular weight excluding hydrogens is 247 g/mol. The molecule has 0 saturated carbocycles. The first-order chi connectivity index (χ1) is 9.04. The Hall–Kier alpha value is -1.93. The van der Waals surface area contributed by atoms with Gasteiger partial charge in [0.05, 0.1) is 19.3 Å². The molecule has 0 radical (unpaired) electrons. The van der Waals surface area contributed by atoms with Crippen molar-refractivity contribution < 1.29 is 13.9 Å². The molecule has 1 atom stereocenters. The van der Waals surface area contributed by atoms with Gasteiger partial charge in [-0.3, -0.25) is 4.79 Å². The monoisotopic (exact) mass is 262 g/mol. The van der Waals surface area contributed by atoms with E-state index < -0.39 is 6.04 Å². The summed E-state index contributed by atoms with van der Waals surface area (Å²) in [6, 6.07) is 4.52. The summed E-state index contributed by atoms with van der Waals surface area (Å²) >= 11 is 0. The molecular formula is C14H15FN2O2. The minimum absolute atomic E-state index is 0.224. The lowest BCUT2D eigenvalue weighted by Gasteiger charge is -2.31. The Kier molecular flexibility index (Phi) is 3.82. The van der Waals surface area contributed by atoms with Gasteiger partial charge in [0.2, 0.25) is 0 Å². The Balaban J connectivity index is 2.31. The normalized spacial score (nSPS) is 19.1. The first kappa shape index (κ1) is 13.5. The highest BCUT2D eigenvalue weighted by Gasteiger charge is 2.28. The van der Waals surface area contributed by atoms with Crippen molar-refractivity contribution in [3.05, 3.63) is 34.6 Å². The number of nitrogens with zero attached hydrogens (tertiary/aromatic N) is 2. The zero-order valence-corrected chi connectivity index (χ0v) is 10.9. The maximum Gasteiger partial charge on any atom is 0.255 e. The van der Waals surface area contributed by atoms with Crippen molar-refractivity contribution in [1.29, 1.82) is 5.26 Å². The van der Waals surface area contributed by atoms with Crippen LogP contribution < -0.4 is 0 Å². The standard InChI is InChI=1S/C14H15FN2O2/c1-9-5-11(6-10(2)13(9)15)14(18)17-3-4-19-8-12(17)7-16/h5-6,12H,3-4,8H2,1-2H3. The molecule has 1 aliphatic rings. The Bertz CT molecular complexity index is 528. The topological polar surface area (TPSA) is 53.3 Å². The molecule has 1 amide bonds.